The van der Waals surface area contributed by atoms with Crippen LogP contribution in [0, 0.1) is 0 Å². The van der Waals surface area contributed by atoms with Gasteiger partial charge in [-0.3, -0.25) is 9.59 Å². The average Bonchev–Trinajstić information content (AvgIpc) is 3.27. The molecule has 1 fully saturated rings. The summed E-state index contributed by atoms with van der Waals surface area (Å²) in [5.41, 5.74) is 1.81. The maximum atomic E-state index is 12.0. The molecule has 2 amide bonds. The smallest absolute Gasteiger partial charge is 0.224 e. The van der Waals surface area contributed by atoms with Gasteiger partial charge in [0, 0.05) is 32.3 Å². The summed E-state index contributed by atoms with van der Waals surface area (Å²) in [7, 11) is 0. The number of likely N-dealkylation sites (tertiary alicyclic amines) is 1. The molecule has 1 N–H and O–H groups in total. The second kappa shape index (κ2) is 7.77. The minimum atomic E-state index is -0.0863. The van der Waals surface area contributed by atoms with Crippen molar-refractivity contribution in [3.63, 3.8) is 0 Å². The quantitative estimate of drug-likeness (QED) is 0.876. The number of nitrogens with zero attached hydrogens (tertiary/aromatic N) is 3. The monoisotopic (exact) mass is 326 g/mol. The lowest BCUT2D eigenvalue weighted by molar-refractivity contribution is -0.130. The molecule has 24 heavy (non-hydrogen) atoms. The summed E-state index contributed by atoms with van der Waals surface area (Å²) in [5.74, 6) is 0.0431. The van der Waals surface area contributed by atoms with Crippen LogP contribution in [0.2, 0.25) is 0 Å². The van der Waals surface area contributed by atoms with Gasteiger partial charge in [-0.2, -0.15) is 5.10 Å². The second-order valence-electron chi connectivity index (χ2n) is 5.99. The lowest BCUT2D eigenvalue weighted by Crippen LogP contribution is -2.33. The Balaban J connectivity index is 1.43. The molecule has 0 aliphatic carbocycles. The fourth-order valence-corrected chi connectivity index (χ4v) is 2.85. The van der Waals surface area contributed by atoms with Gasteiger partial charge in [0.1, 0.15) is 0 Å². The molecule has 0 spiro atoms. The van der Waals surface area contributed by atoms with Crippen LogP contribution in [-0.2, 0) is 16.0 Å². The van der Waals surface area contributed by atoms with Crippen molar-refractivity contribution in [2.45, 2.75) is 25.7 Å². The highest BCUT2D eigenvalue weighted by atomic mass is 16.2. The molecule has 0 atom stereocenters. The van der Waals surface area contributed by atoms with Crippen molar-refractivity contribution >= 4 is 11.8 Å². The molecule has 1 aromatic carbocycles. The topological polar surface area (TPSA) is 67.2 Å². The molecule has 1 saturated heterocycles. The lowest BCUT2D eigenvalue weighted by atomic mass is 10.2. The normalized spacial score (nSPS) is 13.9. The summed E-state index contributed by atoms with van der Waals surface area (Å²) in [5, 5.41) is 7.09. The minimum Gasteiger partial charge on any atom is -0.355 e. The maximum Gasteiger partial charge on any atom is 0.224 e. The number of hydrogen-bond acceptors (Lipinski definition) is 3. The molecule has 1 aliphatic rings. The summed E-state index contributed by atoms with van der Waals surface area (Å²) in [6, 6.07) is 9.76. The van der Waals surface area contributed by atoms with Gasteiger partial charge in [0.2, 0.25) is 11.8 Å². The van der Waals surface area contributed by atoms with E-state index in [1.165, 1.54) is 0 Å². The van der Waals surface area contributed by atoms with E-state index in [1.807, 2.05) is 41.4 Å². The molecule has 0 radical (unpaired) electrons. The van der Waals surface area contributed by atoms with Crippen LogP contribution in [-0.4, -0.2) is 46.1 Å². The zero-order valence-corrected chi connectivity index (χ0v) is 13.6. The predicted octanol–water partition coefficient (Wildman–Crippen LogP) is 1.54. The molecule has 1 aromatic heterocycles. The molecular weight excluding hydrogens is 304 g/mol. The summed E-state index contributed by atoms with van der Waals surface area (Å²) in [4.78, 5) is 25.8. The number of aromatic nitrogens is 2. The Kier molecular flexibility index (Phi) is 5.25. The highest BCUT2D eigenvalue weighted by Crippen LogP contribution is 2.09. The largest absolute Gasteiger partial charge is 0.355 e. The van der Waals surface area contributed by atoms with Crippen molar-refractivity contribution in [1.29, 1.82) is 0 Å². The van der Waals surface area contributed by atoms with E-state index >= 15 is 0 Å². The third-order valence-electron chi connectivity index (χ3n) is 4.14. The first kappa shape index (κ1) is 16.2. The fraction of sp³-hybridized carbons (Fsp3) is 0.389. The Morgan fingerprint density at radius 2 is 1.88 bits per heavy atom. The van der Waals surface area contributed by atoms with Crippen LogP contribution in [0.4, 0.5) is 0 Å². The van der Waals surface area contributed by atoms with Gasteiger partial charge in [0.25, 0.3) is 0 Å². The van der Waals surface area contributed by atoms with Crippen LogP contribution < -0.4 is 5.32 Å². The number of carbonyl (C=O) groups is 2. The van der Waals surface area contributed by atoms with Gasteiger partial charge in [-0.25, -0.2) is 4.68 Å². The predicted molar refractivity (Wildman–Crippen MR) is 90.7 cm³/mol. The molecule has 0 bridgehead atoms. The van der Waals surface area contributed by atoms with E-state index in [-0.39, 0.29) is 18.2 Å². The van der Waals surface area contributed by atoms with E-state index in [0.29, 0.717) is 13.0 Å². The van der Waals surface area contributed by atoms with E-state index in [4.69, 9.17) is 0 Å². The number of rotatable bonds is 6. The zero-order valence-electron chi connectivity index (χ0n) is 13.6. The molecule has 6 heteroatoms. The Labute approximate surface area is 141 Å². The fourth-order valence-electron chi connectivity index (χ4n) is 2.85. The molecule has 2 heterocycles. The average molecular weight is 326 g/mol. The van der Waals surface area contributed by atoms with Gasteiger partial charge in [0.05, 0.1) is 18.3 Å². The van der Waals surface area contributed by atoms with Crippen molar-refractivity contribution in [3.05, 3.63) is 48.3 Å². The Bertz CT molecular complexity index is 690. The molecule has 3 rings (SSSR count). The molecular formula is C18H22N4O2. The highest BCUT2D eigenvalue weighted by molar-refractivity contribution is 5.80. The lowest BCUT2D eigenvalue weighted by Gasteiger charge is -2.15. The molecule has 2 aromatic rings. The zero-order chi connectivity index (χ0) is 16.8. The Morgan fingerprint density at radius 1 is 1.12 bits per heavy atom. The summed E-state index contributed by atoms with van der Waals surface area (Å²) in [6.07, 6.45) is 6.36. The van der Waals surface area contributed by atoms with Crippen LogP contribution in [0.25, 0.3) is 5.69 Å². The number of benzene rings is 1. The maximum absolute atomic E-state index is 12.0. The van der Waals surface area contributed by atoms with Gasteiger partial charge in [0.15, 0.2) is 0 Å². The number of hydrogen-bond donors (Lipinski definition) is 1. The third kappa shape index (κ3) is 4.22. The van der Waals surface area contributed by atoms with Crippen LogP contribution in [0.5, 0.6) is 0 Å². The first-order valence-corrected chi connectivity index (χ1v) is 8.36. The van der Waals surface area contributed by atoms with E-state index in [2.05, 4.69) is 10.4 Å². The third-order valence-corrected chi connectivity index (χ3v) is 4.14. The van der Waals surface area contributed by atoms with Crippen LogP contribution in [0.3, 0.4) is 0 Å². The van der Waals surface area contributed by atoms with E-state index in [9.17, 15) is 9.59 Å². The van der Waals surface area contributed by atoms with E-state index < -0.39 is 0 Å². The molecule has 126 valence electrons. The summed E-state index contributed by atoms with van der Waals surface area (Å²) in [6.45, 7) is 2.10. The van der Waals surface area contributed by atoms with Crippen molar-refractivity contribution in [3.8, 4) is 5.69 Å². The van der Waals surface area contributed by atoms with Gasteiger partial charge < -0.3 is 10.2 Å². The minimum absolute atomic E-state index is 0.0863. The second-order valence-corrected chi connectivity index (χ2v) is 5.99. The molecule has 0 saturated carbocycles. The van der Waals surface area contributed by atoms with Gasteiger partial charge in [-0.05, 0) is 30.5 Å². The van der Waals surface area contributed by atoms with Crippen LogP contribution in [0.15, 0.2) is 42.7 Å². The highest BCUT2D eigenvalue weighted by Gasteiger charge is 2.17. The summed E-state index contributed by atoms with van der Waals surface area (Å²) >= 11 is 0. The Morgan fingerprint density at radius 3 is 2.62 bits per heavy atom. The molecule has 0 unspecified atom stereocenters. The van der Waals surface area contributed by atoms with Crippen molar-refractivity contribution < 1.29 is 9.59 Å². The summed E-state index contributed by atoms with van der Waals surface area (Å²) < 4.78 is 1.75. The van der Waals surface area contributed by atoms with Gasteiger partial charge in [-0.15, -0.1) is 0 Å². The SMILES string of the molecule is O=C(Cc1cnn(-c2ccccc2)c1)NCCC(=O)N1CCCC1. The van der Waals surface area contributed by atoms with E-state index in [0.717, 1.165) is 37.2 Å². The van der Waals surface area contributed by atoms with Gasteiger partial charge in [-0.1, -0.05) is 18.2 Å². The van der Waals surface area contributed by atoms with Crippen LogP contribution >= 0.6 is 0 Å². The van der Waals surface area contributed by atoms with Crippen molar-refractivity contribution in [2.75, 3.05) is 19.6 Å². The first-order valence-electron chi connectivity index (χ1n) is 8.36. The van der Waals surface area contributed by atoms with Gasteiger partial charge >= 0.3 is 0 Å². The Hall–Kier alpha value is -2.63. The van der Waals surface area contributed by atoms with E-state index in [1.54, 1.807) is 10.9 Å². The number of para-hydroxylation sites is 1. The first-order chi connectivity index (χ1) is 11.7. The molecule has 6 nitrogen and oxygen atoms in total. The number of nitrogens with one attached hydrogen (secondary N) is 1. The van der Waals surface area contributed by atoms with Crippen LogP contribution in [0.1, 0.15) is 24.8 Å². The number of amides is 2. The van der Waals surface area contributed by atoms with Crippen molar-refractivity contribution in [2.24, 2.45) is 0 Å². The van der Waals surface area contributed by atoms with Crippen molar-refractivity contribution in [1.82, 2.24) is 20.0 Å². The number of carbonyl (C=O) groups excluding carboxylic acids is 2. The molecule has 1 aliphatic heterocycles. The standard InChI is InChI=1S/C18H22N4O2/c23-17(19-9-8-18(24)21-10-4-5-11-21)12-15-13-20-22(14-15)16-6-2-1-3-7-16/h1-3,6-7,13-14H,4-5,8-12H2,(H,19,23).